The molecule has 1 heterocycles. The van der Waals surface area contributed by atoms with Crippen molar-refractivity contribution in [1.82, 2.24) is 5.01 Å². The minimum Gasteiger partial charge on any atom is -0.328 e. The lowest BCUT2D eigenvalue weighted by atomic mass is 9.87. The van der Waals surface area contributed by atoms with E-state index in [1.165, 1.54) is 0 Å². The van der Waals surface area contributed by atoms with Crippen LogP contribution in [0.2, 0.25) is 0 Å². The lowest BCUT2D eigenvalue weighted by molar-refractivity contribution is 0.141. The molecule has 0 amide bonds. The molecule has 74 valence electrons. The summed E-state index contributed by atoms with van der Waals surface area (Å²) in [6, 6.07) is 1.70. The summed E-state index contributed by atoms with van der Waals surface area (Å²) >= 11 is 0. The number of nitrogens with two attached hydrogens (primary N) is 1. The first-order valence-corrected chi connectivity index (χ1v) is 5.13. The molecule has 0 aromatic rings. The lowest BCUT2D eigenvalue weighted by Gasteiger charge is -2.33. The van der Waals surface area contributed by atoms with Gasteiger partial charge in [-0.3, -0.25) is 5.01 Å². The molecule has 2 aliphatic rings. The average molecular weight is 182 g/mol. The molecule has 0 bridgehead atoms. The first kappa shape index (κ1) is 8.94. The van der Waals surface area contributed by atoms with Crippen molar-refractivity contribution in [1.29, 1.82) is 0 Å². The van der Waals surface area contributed by atoms with Crippen LogP contribution >= 0.6 is 0 Å². The summed E-state index contributed by atoms with van der Waals surface area (Å²) < 4.78 is 0. The van der Waals surface area contributed by atoms with Gasteiger partial charge in [-0.2, -0.15) is 5.11 Å². The number of fused-ring (bicyclic) bond motifs is 1. The van der Waals surface area contributed by atoms with Gasteiger partial charge in [0, 0.05) is 12.1 Å². The minimum atomic E-state index is 0.340. The van der Waals surface area contributed by atoms with Gasteiger partial charge in [0.1, 0.15) is 0 Å². The van der Waals surface area contributed by atoms with Crippen LogP contribution in [0.15, 0.2) is 10.3 Å². The predicted octanol–water partition coefficient (Wildman–Crippen LogP) is 1.33. The Balaban J connectivity index is 2.04. The summed E-state index contributed by atoms with van der Waals surface area (Å²) in [7, 11) is 0. The molecule has 2 N–H and O–H groups in total. The van der Waals surface area contributed by atoms with Gasteiger partial charge in [-0.25, -0.2) is 0 Å². The van der Waals surface area contributed by atoms with E-state index in [4.69, 9.17) is 5.73 Å². The molecule has 0 aromatic heterocycles. The van der Waals surface area contributed by atoms with Crippen LogP contribution in [0.3, 0.4) is 0 Å². The van der Waals surface area contributed by atoms with Crippen molar-refractivity contribution in [3.63, 3.8) is 0 Å². The second-order valence-corrected chi connectivity index (χ2v) is 4.39. The fourth-order valence-electron chi connectivity index (χ4n) is 2.27. The third-order valence-electron chi connectivity index (χ3n) is 2.99. The number of hydrogen-bond donors (Lipinski definition) is 1. The molecular formula is C9H18N4. The van der Waals surface area contributed by atoms with E-state index in [0.29, 0.717) is 24.2 Å². The Kier molecular flexibility index (Phi) is 2.24. The standard InChI is InChI=1S/C9H18N4/c1-6(2)13-9-4-3-7(10)5-8(9)11-12-13/h6-9H,3-5,10H2,1-2H3. The first-order chi connectivity index (χ1) is 6.18. The Morgan fingerprint density at radius 3 is 2.85 bits per heavy atom. The quantitative estimate of drug-likeness (QED) is 0.665. The van der Waals surface area contributed by atoms with Crippen LogP contribution in [-0.2, 0) is 0 Å². The van der Waals surface area contributed by atoms with Gasteiger partial charge in [0.05, 0.1) is 12.1 Å². The molecule has 0 spiro atoms. The predicted molar refractivity (Wildman–Crippen MR) is 51.2 cm³/mol. The molecule has 2 rings (SSSR count). The summed E-state index contributed by atoms with van der Waals surface area (Å²) in [5.41, 5.74) is 5.89. The molecular weight excluding hydrogens is 164 g/mol. The van der Waals surface area contributed by atoms with Crippen LogP contribution in [0.1, 0.15) is 33.1 Å². The van der Waals surface area contributed by atoms with Gasteiger partial charge in [-0.15, -0.1) is 0 Å². The van der Waals surface area contributed by atoms with E-state index in [0.717, 1.165) is 19.3 Å². The third-order valence-corrected chi connectivity index (χ3v) is 2.99. The van der Waals surface area contributed by atoms with Gasteiger partial charge in [0.25, 0.3) is 0 Å². The highest BCUT2D eigenvalue weighted by molar-refractivity contribution is 4.94. The summed E-state index contributed by atoms with van der Waals surface area (Å²) in [4.78, 5) is 0. The second-order valence-electron chi connectivity index (χ2n) is 4.39. The van der Waals surface area contributed by atoms with Gasteiger partial charge < -0.3 is 5.73 Å². The molecule has 3 unspecified atom stereocenters. The van der Waals surface area contributed by atoms with Crippen LogP contribution in [0.25, 0.3) is 0 Å². The smallest absolute Gasteiger partial charge is 0.0964 e. The van der Waals surface area contributed by atoms with Gasteiger partial charge in [-0.1, -0.05) is 5.22 Å². The largest absolute Gasteiger partial charge is 0.328 e. The van der Waals surface area contributed by atoms with Crippen LogP contribution in [0, 0.1) is 0 Å². The van der Waals surface area contributed by atoms with Crippen molar-refractivity contribution in [2.24, 2.45) is 16.1 Å². The fraction of sp³-hybridized carbons (Fsp3) is 1.00. The molecule has 3 atom stereocenters. The maximum atomic E-state index is 5.89. The van der Waals surface area contributed by atoms with Crippen LogP contribution in [-0.4, -0.2) is 29.2 Å². The maximum absolute atomic E-state index is 5.89. The highest BCUT2D eigenvalue weighted by Crippen LogP contribution is 2.31. The molecule has 1 saturated carbocycles. The molecule has 1 aliphatic carbocycles. The van der Waals surface area contributed by atoms with E-state index >= 15 is 0 Å². The molecule has 0 radical (unpaired) electrons. The summed E-state index contributed by atoms with van der Waals surface area (Å²) in [5, 5.41) is 10.6. The zero-order chi connectivity index (χ0) is 9.42. The molecule has 0 saturated heterocycles. The monoisotopic (exact) mass is 182 g/mol. The van der Waals surface area contributed by atoms with E-state index in [9.17, 15) is 0 Å². The highest BCUT2D eigenvalue weighted by Gasteiger charge is 2.37. The van der Waals surface area contributed by atoms with Crippen molar-refractivity contribution in [3.8, 4) is 0 Å². The molecule has 4 heteroatoms. The van der Waals surface area contributed by atoms with E-state index < -0.39 is 0 Å². The van der Waals surface area contributed by atoms with E-state index in [1.54, 1.807) is 0 Å². The van der Waals surface area contributed by atoms with E-state index in [1.807, 2.05) is 0 Å². The number of rotatable bonds is 1. The number of nitrogens with zero attached hydrogens (tertiary/aromatic N) is 3. The highest BCUT2D eigenvalue weighted by atomic mass is 15.6. The Morgan fingerprint density at radius 1 is 1.38 bits per heavy atom. The van der Waals surface area contributed by atoms with Crippen molar-refractivity contribution in [2.45, 2.75) is 57.3 Å². The third kappa shape index (κ3) is 1.55. The zero-order valence-corrected chi connectivity index (χ0v) is 8.35. The maximum Gasteiger partial charge on any atom is 0.0964 e. The van der Waals surface area contributed by atoms with Gasteiger partial charge in [-0.05, 0) is 33.1 Å². The number of hydrogen-bond acceptors (Lipinski definition) is 4. The van der Waals surface area contributed by atoms with Gasteiger partial charge in [0.15, 0.2) is 0 Å². The summed E-state index contributed by atoms with van der Waals surface area (Å²) in [5.74, 6) is 0. The van der Waals surface area contributed by atoms with Gasteiger partial charge >= 0.3 is 0 Å². The van der Waals surface area contributed by atoms with Crippen molar-refractivity contribution < 1.29 is 0 Å². The molecule has 4 nitrogen and oxygen atoms in total. The Bertz CT molecular complexity index is 214. The molecule has 13 heavy (non-hydrogen) atoms. The molecule has 0 aromatic carbocycles. The van der Waals surface area contributed by atoms with Crippen molar-refractivity contribution in [3.05, 3.63) is 0 Å². The van der Waals surface area contributed by atoms with Crippen molar-refractivity contribution >= 4 is 0 Å². The minimum absolute atomic E-state index is 0.340. The normalized spacial score (nSPS) is 38.5. The second kappa shape index (κ2) is 3.25. The van der Waals surface area contributed by atoms with Crippen molar-refractivity contribution in [2.75, 3.05) is 0 Å². The first-order valence-electron chi connectivity index (χ1n) is 5.13. The molecule has 1 aliphatic heterocycles. The van der Waals surface area contributed by atoms with Crippen LogP contribution in [0.5, 0.6) is 0 Å². The Labute approximate surface area is 79.2 Å². The zero-order valence-electron chi connectivity index (χ0n) is 8.35. The van der Waals surface area contributed by atoms with Crippen LogP contribution in [0.4, 0.5) is 0 Å². The average Bonchev–Trinajstić information content (AvgIpc) is 2.46. The Morgan fingerprint density at radius 2 is 2.15 bits per heavy atom. The lowest BCUT2D eigenvalue weighted by Crippen LogP contribution is -2.45. The summed E-state index contributed by atoms with van der Waals surface area (Å²) in [6.45, 7) is 4.33. The van der Waals surface area contributed by atoms with Crippen LogP contribution < -0.4 is 5.73 Å². The van der Waals surface area contributed by atoms with E-state index in [2.05, 4.69) is 29.2 Å². The van der Waals surface area contributed by atoms with Gasteiger partial charge in [0.2, 0.25) is 0 Å². The Hall–Kier alpha value is -0.640. The molecule has 1 fully saturated rings. The fourth-order valence-corrected chi connectivity index (χ4v) is 2.27. The van der Waals surface area contributed by atoms with E-state index in [-0.39, 0.29) is 0 Å². The SMILES string of the molecule is CC(C)N1N=NC2CC(N)CCC21. The summed E-state index contributed by atoms with van der Waals surface area (Å²) in [6.07, 6.45) is 3.28. The topological polar surface area (TPSA) is 54.0 Å².